The van der Waals surface area contributed by atoms with Crippen LogP contribution in [0.2, 0.25) is 5.02 Å². The number of imide groups is 1. The first kappa shape index (κ1) is 23.7. The van der Waals surface area contributed by atoms with Crippen LogP contribution in [0.25, 0.3) is 6.08 Å². The normalized spacial score (nSPS) is 14.7. The predicted octanol–water partition coefficient (Wildman–Crippen LogP) is 4.92. The van der Waals surface area contributed by atoms with Crippen molar-refractivity contribution in [2.45, 2.75) is 20.5 Å². The van der Waals surface area contributed by atoms with E-state index in [9.17, 15) is 14.4 Å². The molecule has 0 aliphatic carbocycles. The number of ether oxygens (including phenoxy) is 3. The van der Waals surface area contributed by atoms with Crippen LogP contribution in [0, 0.1) is 0 Å². The van der Waals surface area contributed by atoms with Gasteiger partial charge in [0, 0.05) is 10.6 Å². The molecule has 1 heterocycles. The van der Waals surface area contributed by atoms with E-state index in [1.165, 1.54) is 0 Å². The molecule has 2 aromatic rings. The van der Waals surface area contributed by atoms with Crippen molar-refractivity contribution in [2.24, 2.45) is 0 Å². The third-order valence-electron chi connectivity index (χ3n) is 4.37. The average Bonchev–Trinajstić information content (AvgIpc) is 3.02. The van der Waals surface area contributed by atoms with Crippen LogP contribution >= 0.6 is 23.4 Å². The van der Waals surface area contributed by atoms with Gasteiger partial charge in [0.15, 0.2) is 11.5 Å². The van der Waals surface area contributed by atoms with Gasteiger partial charge in [0.1, 0.15) is 13.2 Å². The number of hydrogen-bond acceptors (Lipinski definition) is 7. The lowest BCUT2D eigenvalue weighted by molar-refractivity contribution is -0.145. The smallest absolute Gasteiger partial charge is 0.326 e. The lowest BCUT2D eigenvalue weighted by Crippen LogP contribution is -2.34. The summed E-state index contributed by atoms with van der Waals surface area (Å²) in [5.41, 5.74) is 1.50. The van der Waals surface area contributed by atoms with Gasteiger partial charge in [-0.05, 0) is 55.4 Å². The Bertz CT molecular complexity index is 1050. The van der Waals surface area contributed by atoms with Gasteiger partial charge >= 0.3 is 5.97 Å². The molecule has 2 aromatic carbocycles. The molecule has 3 rings (SSSR count). The number of amides is 2. The summed E-state index contributed by atoms with van der Waals surface area (Å²) in [5.74, 6) is -0.141. The Kier molecular flexibility index (Phi) is 8.19. The lowest BCUT2D eigenvalue weighted by Gasteiger charge is -2.13. The van der Waals surface area contributed by atoms with Crippen molar-refractivity contribution in [3.63, 3.8) is 0 Å². The van der Waals surface area contributed by atoms with Gasteiger partial charge in [0.05, 0.1) is 18.1 Å². The van der Waals surface area contributed by atoms with E-state index in [-0.39, 0.29) is 18.1 Å². The Morgan fingerprint density at radius 3 is 2.56 bits per heavy atom. The van der Waals surface area contributed by atoms with Crippen LogP contribution in [0.15, 0.2) is 47.4 Å². The van der Waals surface area contributed by atoms with Crippen LogP contribution < -0.4 is 9.47 Å². The Labute approximate surface area is 195 Å². The highest BCUT2D eigenvalue weighted by molar-refractivity contribution is 8.18. The monoisotopic (exact) mass is 475 g/mol. The first-order valence-electron chi connectivity index (χ1n) is 9.97. The molecule has 168 valence electrons. The summed E-state index contributed by atoms with van der Waals surface area (Å²) in [6.45, 7) is 3.97. The molecule has 0 unspecified atom stereocenters. The topological polar surface area (TPSA) is 82.1 Å². The number of carbonyl (C=O) groups excluding carboxylic acids is 3. The Hall–Kier alpha value is -2.97. The number of halogens is 1. The lowest BCUT2D eigenvalue weighted by atomic mass is 10.1. The van der Waals surface area contributed by atoms with Crippen LogP contribution in [0.4, 0.5) is 4.79 Å². The first-order chi connectivity index (χ1) is 15.4. The molecule has 1 fully saturated rings. The highest BCUT2D eigenvalue weighted by Crippen LogP contribution is 2.35. The molecule has 7 nitrogen and oxygen atoms in total. The Balaban J connectivity index is 1.77. The summed E-state index contributed by atoms with van der Waals surface area (Å²) >= 11 is 6.96. The molecule has 0 bridgehead atoms. The standard InChI is InChI=1S/C23H22ClNO6S/c1-3-29-19-11-15(9-10-18(19)31-14-16-7-5-6-8-17(16)24)12-20-22(27)25(23(28)32-20)13-21(26)30-4-2/h5-12H,3-4,13-14H2,1-2H3. The number of nitrogens with zero attached hydrogens (tertiary/aromatic N) is 1. The van der Waals surface area contributed by atoms with Gasteiger partial charge in [0.25, 0.3) is 11.1 Å². The molecule has 1 aliphatic heterocycles. The van der Waals surface area contributed by atoms with Crippen molar-refractivity contribution in [3.05, 3.63) is 63.5 Å². The molecule has 0 aromatic heterocycles. The minimum absolute atomic E-state index is 0.177. The summed E-state index contributed by atoms with van der Waals surface area (Å²) in [4.78, 5) is 37.5. The number of rotatable bonds is 9. The van der Waals surface area contributed by atoms with Crippen LogP contribution in [0.5, 0.6) is 11.5 Å². The minimum atomic E-state index is -0.630. The van der Waals surface area contributed by atoms with E-state index < -0.39 is 23.7 Å². The van der Waals surface area contributed by atoms with E-state index in [2.05, 4.69) is 0 Å². The molecule has 0 saturated carbocycles. The summed E-state index contributed by atoms with van der Waals surface area (Å²) in [6.07, 6.45) is 1.58. The molecule has 1 saturated heterocycles. The van der Waals surface area contributed by atoms with Crippen LogP contribution in [-0.4, -0.2) is 41.8 Å². The number of hydrogen-bond donors (Lipinski definition) is 0. The Morgan fingerprint density at radius 1 is 1.06 bits per heavy atom. The van der Waals surface area contributed by atoms with Crippen molar-refractivity contribution in [1.29, 1.82) is 0 Å². The van der Waals surface area contributed by atoms with Crippen molar-refractivity contribution >= 4 is 46.6 Å². The molecule has 0 spiro atoms. The van der Waals surface area contributed by atoms with Gasteiger partial charge < -0.3 is 14.2 Å². The third kappa shape index (κ3) is 5.83. The second kappa shape index (κ2) is 11.1. The zero-order chi connectivity index (χ0) is 23.1. The largest absolute Gasteiger partial charge is 0.490 e. The zero-order valence-corrected chi connectivity index (χ0v) is 19.2. The van der Waals surface area contributed by atoms with Crippen molar-refractivity contribution in [3.8, 4) is 11.5 Å². The fourth-order valence-corrected chi connectivity index (χ4v) is 3.92. The summed E-state index contributed by atoms with van der Waals surface area (Å²) in [7, 11) is 0. The molecule has 2 amide bonds. The van der Waals surface area contributed by atoms with Crippen LogP contribution in [0.3, 0.4) is 0 Å². The van der Waals surface area contributed by atoms with Crippen molar-refractivity contribution < 1.29 is 28.6 Å². The van der Waals surface area contributed by atoms with Gasteiger partial charge in [-0.25, -0.2) is 0 Å². The van der Waals surface area contributed by atoms with Gasteiger partial charge in [-0.2, -0.15) is 0 Å². The average molecular weight is 476 g/mol. The highest BCUT2D eigenvalue weighted by atomic mass is 35.5. The van der Waals surface area contributed by atoms with Crippen LogP contribution in [-0.2, 0) is 20.9 Å². The maximum Gasteiger partial charge on any atom is 0.326 e. The number of carbonyl (C=O) groups is 3. The second-order valence-corrected chi connectivity index (χ2v) is 7.99. The highest BCUT2D eigenvalue weighted by Gasteiger charge is 2.36. The summed E-state index contributed by atoms with van der Waals surface area (Å²) in [5, 5.41) is 0.0969. The minimum Gasteiger partial charge on any atom is -0.490 e. The van der Waals surface area contributed by atoms with Crippen molar-refractivity contribution in [1.82, 2.24) is 4.90 Å². The van der Waals surface area contributed by atoms with E-state index in [0.717, 1.165) is 22.2 Å². The van der Waals surface area contributed by atoms with E-state index in [0.29, 0.717) is 28.7 Å². The molecular weight excluding hydrogens is 454 g/mol. The van der Waals surface area contributed by atoms with Gasteiger partial charge in [-0.1, -0.05) is 35.9 Å². The SMILES string of the molecule is CCOC(=O)CN1C(=O)SC(=Cc2ccc(OCc3ccccc3Cl)c(OCC)c2)C1=O. The van der Waals surface area contributed by atoms with Gasteiger partial charge in [-0.15, -0.1) is 0 Å². The molecule has 9 heteroatoms. The molecule has 1 aliphatic rings. The Morgan fingerprint density at radius 2 is 1.84 bits per heavy atom. The number of thioether (sulfide) groups is 1. The summed E-state index contributed by atoms with van der Waals surface area (Å²) < 4.78 is 16.4. The third-order valence-corrected chi connectivity index (χ3v) is 5.65. The van der Waals surface area contributed by atoms with E-state index >= 15 is 0 Å². The number of benzene rings is 2. The van der Waals surface area contributed by atoms with Gasteiger partial charge in [0.2, 0.25) is 0 Å². The number of esters is 1. The van der Waals surface area contributed by atoms with E-state index in [1.54, 1.807) is 37.3 Å². The molecule has 32 heavy (non-hydrogen) atoms. The summed E-state index contributed by atoms with van der Waals surface area (Å²) in [6, 6.07) is 12.6. The van der Waals surface area contributed by atoms with Crippen molar-refractivity contribution in [2.75, 3.05) is 19.8 Å². The second-order valence-electron chi connectivity index (χ2n) is 6.59. The first-order valence-corrected chi connectivity index (χ1v) is 11.2. The maximum atomic E-state index is 12.6. The van der Waals surface area contributed by atoms with E-state index in [1.807, 2.05) is 25.1 Å². The maximum absolute atomic E-state index is 12.6. The fourth-order valence-electron chi connectivity index (χ4n) is 2.90. The van der Waals surface area contributed by atoms with E-state index in [4.69, 9.17) is 25.8 Å². The van der Waals surface area contributed by atoms with Crippen LogP contribution in [0.1, 0.15) is 25.0 Å². The van der Waals surface area contributed by atoms with Gasteiger partial charge in [-0.3, -0.25) is 19.3 Å². The molecule has 0 N–H and O–H groups in total. The molecule has 0 radical (unpaired) electrons. The zero-order valence-electron chi connectivity index (χ0n) is 17.6. The quantitative estimate of drug-likeness (QED) is 0.376. The molecular formula is C23H22ClNO6S. The fraction of sp³-hybridized carbons (Fsp3) is 0.261. The molecule has 0 atom stereocenters. The predicted molar refractivity (Wildman–Crippen MR) is 123 cm³/mol.